The van der Waals surface area contributed by atoms with Crippen LogP contribution in [0.3, 0.4) is 0 Å². The SMILES string of the molecule is CC(=O)NNC(=O)CN1CCN(CCO)CC1. The van der Waals surface area contributed by atoms with Gasteiger partial charge in [-0.15, -0.1) is 0 Å². The summed E-state index contributed by atoms with van der Waals surface area (Å²) in [6.45, 7) is 5.79. The van der Waals surface area contributed by atoms with Gasteiger partial charge in [0.1, 0.15) is 0 Å². The van der Waals surface area contributed by atoms with Gasteiger partial charge in [-0.1, -0.05) is 0 Å². The van der Waals surface area contributed by atoms with Crippen molar-refractivity contribution in [2.45, 2.75) is 6.92 Å². The second-order valence-corrected chi connectivity index (χ2v) is 4.07. The van der Waals surface area contributed by atoms with Crippen molar-refractivity contribution in [3.8, 4) is 0 Å². The minimum atomic E-state index is -0.286. The maximum atomic E-state index is 11.4. The Labute approximate surface area is 101 Å². The molecule has 2 amide bonds. The van der Waals surface area contributed by atoms with Gasteiger partial charge in [0.15, 0.2) is 0 Å². The Kier molecular flexibility index (Phi) is 5.88. The molecule has 3 N–H and O–H groups in total. The highest BCUT2D eigenvalue weighted by Gasteiger charge is 2.18. The number of hydrogen-bond donors (Lipinski definition) is 3. The van der Waals surface area contributed by atoms with Gasteiger partial charge in [0.2, 0.25) is 5.91 Å². The van der Waals surface area contributed by atoms with Crippen molar-refractivity contribution >= 4 is 11.8 Å². The number of carbonyl (C=O) groups is 2. The van der Waals surface area contributed by atoms with Gasteiger partial charge in [-0.2, -0.15) is 0 Å². The Bertz CT molecular complexity index is 264. The Hall–Kier alpha value is -1.18. The molecular weight excluding hydrogens is 224 g/mol. The number of nitrogens with one attached hydrogen (secondary N) is 2. The van der Waals surface area contributed by atoms with E-state index in [1.54, 1.807) is 0 Å². The van der Waals surface area contributed by atoms with Crippen molar-refractivity contribution in [1.82, 2.24) is 20.7 Å². The zero-order chi connectivity index (χ0) is 12.7. The van der Waals surface area contributed by atoms with E-state index in [9.17, 15) is 9.59 Å². The van der Waals surface area contributed by atoms with Gasteiger partial charge in [0, 0.05) is 39.6 Å². The van der Waals surface area contributed by atoms with Gasteiger partial charge in [-0.3, -0.25) is 30.2 Å². The number of piperazine rings is 1. The molecule has 1 heterocycles. The second kappa shape index (κ2) is 7.21. The number of nitrogens with zero attached hydrogens (tertiary/aromatic N) is 2. The predicted molar refractivity (Wildman–Crippen MR) is 61.9 cm³/mol. The van der Waals surface area contributed by atoms with Gasteiger partial charge in [0.05, 0.1) is 13.2 Å². The van der Waals surface area contributed by atoms with Gasteiger partial charge in [0.25, 0.3) is 5.91 Å². The first-order valence-corrected chi connectivity index (χ1v) is 5.73. The summed E-state index contributed by atoms with van der Waals surface area (Å²) < 4.78 is 0. The van der Waals surface area contributed by atoms with Gasteiger partial charge in [-0.05, 0) is 0 Å². The molecule has 17 heavy (non-hydrogen) atoms. The minimum absolute atomic E-state index is 0.170. The Balaban J connectivity index is 2.17. The summed E-state index contributed by atoms with van der Waals surface area (Å²) in [7, 11) is 0. The van der Waals surface area contributed by atoms with Crippen molar-refractivity contribution in [3.63, 3.8) is 0 Å². The maximum Gasteiger partial charge on any atom is 0.252 e. The molecule has 0 radical (unpaired) electrons. The predicted octanol–water partition coefficient (Wildman–Crippen LogP) is -2.24. The Morgan fingerprint density at radius 1 is 1.12 bits per heavy atom. The minimum Gasteiger partial charge on any atom is -0.395 e. The lowest BCUT2D eigenvalue weighted by atomic mass is 10.3. The number of carbonyl (C=O) groups excluding carboxylic acids is 2. The van der Waals surface area contributed by atoms with Crippen molar-refractivity contribution < 1.29 is 14.7 Å². The fourth-order valence-electron chi connectivity index (χ4n) is 1.71. The van der Waals surface area contributed by atoms with E-state index in [0.29, 0.717) is 6.54 Å². The highest BCUT2D eigenvalue weighted by atomic mass is 16.3. The monoisotopic (exact) mass is 244 g/mol. The van der Waals surface area contributed by atoms with Crippen LogP contribution in [0.2, 0.25) is 0 Å². The zero-order valence-corrected chi connectivity index (χ0v) is 10.1. The summed E-state index contributed by atoms with van der Waals surface area (Å²) in [5.41, 5.74) is 4.59. The third kappa shape index (κ3) is 5.62. The quantitative estimate of drug-likeness (QED) is 0.487. The highest BCUT2D eigenvalue weighted by molar-refractivity contribution is 5.81. The first kappa shape index (κ1) is 13.9. The molecule has 0 bridgehead atoms. The van der Waals surface area contributed by atoms with Crippen LogP contribution in [0.1, 0.15) is 6.92 Å². The number of aliphatic hydroxyl groups excluding tert-OH is 1. The molecule has 0 aliphatic carbocycles. The average molecular weight is 244 g/mol. The zero-order valence-electron chi connectivity index (χ0n) is 10.1. The van der Waals surface area contributed by atoms with E-state index in [1.165, 1.54) is 6.92 Å². The molecule has 0 spiro atoms. The topological polar surface area (TPSA) is 84.9 Å². The molecular formula is C10H20N4O3. The number of β-amino-alcohol motifs (C(OH)–C–C–N with tert-alkyl or cyclic N) is 1. The number of hydrazine groups is 1. The first-order valence-electron chi connectivity index (χ1n) is 5.73. The summed E-state index contributed by atoms with van der Waals surface area (Å²) in [4.78, 5) is 26.2. The van der Waals surface area contributed by atoms with Gasteiger partial charge in [-0.25, -0.2) is 0 Å². The summed E-state index contributed by atoms with van der Waals surface area (Å²) >= 11 is 0. The van der Waals surface area contributed by atoms with Crippen LogP contribution in [0.15, 0.2) is 0 Å². The van der Waals surface area contributed by atoms with Crippen LogP contribution in [0, 0.1) is 0 Å². The van der Waals surface area contributed by atoms with Crippen LogP contribution < -0.4 is 10.9 Å². The fourth-order valence-corrected chi connectivity index (χ4v) is 1.71. The summed E-state index contributed by atoms with van der Waals surface area (Å²) in [5, 5.41) is 8.79. The molecule has 1 rings (SSSR count). The van der Waals surface area contributed by atoms with Crippen molar-refractivity contribution in [2.24, 2.45) is 0 Å². The number of hydrogen-bond acceptors (Lipinski definition) is 5. The molecule has 0 saturated carbocycles. The molecule has 0 atom stereocenters. The van der Waals surface area contributed by atoms with E-state index in [4.69, 9.17) is 5.11 Å². The van der Waals surface area contributed by atoms with E-state index < -0.39 is 0 Å². The summed E-state index contributed by atoms with van der Waals surface area (Å²) in [6.07, 6.45) is 0. The van der Waals surface area contributed by atoms with Gasteiger partial charge < -0.3 is 5.11 Å². The van der Waals surface area contributed by atoms with Crippen LogP contribution in [0.25, 0.3) is 0 Å². The van der Waals surface area contributed by atoms with E-state index >= 15 is 0 Å². The normalized spacial score (nSPS) is 17.8. The van der Waals surface area contributed by atoms with E-state index in [0.717, 1.165) is 26.2 Å². The summed E-state index contributed by atoms with van der Waals surface area (Å²) in [6, 6.07) is 0. The second-order valence-electron chi connectivity index (χ2n) is 4.07. The fraction of sp³-hybridized carbons (Fsp3) is 0.800. The smallest absolute Gasteiger partial charge is 0.252 e. The lowest BCUT2D eigenvalue weighted by Crippen LogP contribution is -2.51. The Morgan fingerprint density at radius 2 is 1.71 bits per heavy atom. The summed E-state index contributed by atoms with van der Waals surface area (Å²) in [5.74, 6) is -0.498. The number of amides is 2. The van der Waals surface area contributed by atoms with Crippen molar-refractivity contribution in [3.05, 3.63) is 0 Å². The van der Waals surface area contributed by atoms with E-state index in [2.05, 4.69) is 15.8 Å². The molecule has 1 aliphatic rings. The molecule has 1 saturated heterocycles. The third-order valence-corrected chi connectivity index (χ3v) is 2.63. The number of rotatable bonds is 4. The third-order valence-electron chi connectivity index (χ3n) is 2.63. The van der Waals surface area contributed by atoms with Crippen LogP contribution in [-0.2, 0) is 9.59 Å². The molecule has 0 unspecified atom stereocenters. The molecule has 98 valence electrons. The molecule has 0 aromatic heterocycles. The molecule has 0 aromatic rings. The van der Waals surface area contributed by atoms with E-state index in [-0.39, 0.29) is 25.0 Å². The van der Waals surface area contributed by atoms with Crippen LogP contribution in [-0.4, -0.2) is 72.6 Å². The van der Waals surface area contributed by atoms with E-state index in [1.807, 2.05) is 4.90 Å². The Morgan fingerprint density at radius 3 is 2.24 bits per heavy atom. The van der Waals surface area contributed by atoms with Gasteiger partial charge >= 0.3 is 0 Å². The van der Waals surface area contributed by atoms with Crippen LogP contribution >= 0.6 is 0 Å². The molecule has 7 nitrogen and oxygen atoms in total. The average Bonchev–Trinajstić information content (AvgIpc) is 2.29. The first-order chi connectivity index (χ1) is 8.11. The highest BCUT2D eigenvalue weighted by Crippen LogP contribution is 2.00. The maximum absolute atomic E-state index is 11.4. The molecule has 1 fully saturated rings. The number of aliphatic hydroxyl groups is 1. The van der Waals surface area contributed by atoms with Crippen LogP contribution in [0.4, 0.5) is 0 Å². The molecule has 7 heteroatoms. The standard InChI is InChI=1S/C10H20N4O3/c1-9(16)11-12-10(17)8-14-4-2-13(3-5-14)6-7-15/h15H,2-8H2,1H3,(H,11,16)(H,12,17). The molecule has 1 aliphatic heterocycles. The lowest BCUT2D eigenvalue weighted by molar-refractivity contribution is -0.128. The van der Waals surface area contributed by atoms with Crippen molar-refractivity contribution in [1.29, 1.82) is 0 Å². The largest absolute Gasteiger partial charge is 0.395 e. The van der Waals surface area contributed by atoms with Crippen LogP contribution in [0.5, 0.6) is 0 Å². The lowest BCUT2D eigenvalue weighted by Gasteiger charge is -2.33. The molecule has 0 aromatic carbocycles. The van der Waals surface area contributed by atoms with Crippen molar-refractivity contribution in [2.75, 3.05) is 45.9 Å².